The topological polar surface area (TPSA) is 33.6 Å². The highest BCUT2D eigenvalue weighted by Gasteiger charge is 2.21. The van der Waals surface area contributed by atoms with Gasteiger partial charge in [0, 0.05) is 22.0 Å². The number of thioether (sulfide) groups is 1. The molecule has 0 spiro atoms. The highest BCUT2D eigenvalue weighted by Crippen LogP contribution is 2.28. The second-order valence-electron chi connectivity index (χ2n) is 4.56. The molecule has 1 aromatic rings. The number of hydrogen-bond donors (Lipinski definition) is 1. The van der Waals surface area contributed by atoms with Crippen LogP contribution in [0.2, 0.25) is 0 Å². The van der Waals surface area contributed by atoms with E-state index >= 15 is 0 Å². The standard InChI is InChI=1S/C13H17BrN2OS/c1-8(2)12-7-18-13(16-12)15-10-4-9(14)5-11(6-10)17-3/h4-6,8,12H,7H2,1-3H3,(H,15,16). The summed E-state index contributed by atoms with van der Waals surface area (Å²) < 4.78 is 6.24. The van der Waals surface area contributed by atoms with Crippen molar-refractivity contribution in [2.24, 2.45) is 10.9 Å². The molecule has 1 atom stereocenters. The van der Waals surface area contributed by atoms with E-state index in [4.69, 9.17) is 4.74 Å². The lowest BCUT2D eigenvalue weighted by Crippen LogP contribution is -2.12. The summed E-state index contributed by atoms with van der Waals surface area (Å²) in [4.78, 5) is 4.68. The van der Waals surface area contributed by atoms with Gasteiger partial charge < -0.3 is 10.1 Å². The first kappa shape index (κ1) is 13.7. The lowest BCUT2D eigenvalue weighted by atomic mass is 10.1. The number of methoxy groups -OCH3 is 1. The summed E-state index contributed by atoms with van der Waals surface area (Å²) in [5.74, 6) is 2.48. The van der Waals surface area contributed by atoms with E-state index in [1.165, 1.54) is 0 Å². The summed E-state index contributed by atoms with van der Waals surface area (Å²) in [6, 6.07) is 6.35. The molecule has 1 aliphatic rings. The van der Waals surface area contributed by atoms with Crippen molar-refractivity contribution in [2.45, 2.75) is 19.9 Å². The highest BCUT2D eigenvalue weighted by molar-refractivity contribution is 9.10. The molecule has 5 heteroatoms. The van der Waals surface area contributed by atoms with E-state index in [2.05, 4.69) is 40.1 Å². The number of hydrogen-bond acceptors (Lipinski definition) is 4. The van der Waals surface area contributed by atoms with Crippen molar-refractivity contribution in [1.82, 2.24) is 0 Å². The Morgan fingerprint density at radius 2 is 2.22 bits per heavy atom. The van der Waals surface area contributed by atoms with Gasteiger partial charge in [0.1, 0.15) is 5.75 Å². The van der Waals surface area contributed by atoms with Gasteiger partial charge >= 0.3 is 0 Å². The molecular formula is C13H17BrN2OS. The van der Waals surface area contributed by atoms with Crippen molar-refractivity contribution in [1.29, 1.82) is 0 Å². The minimum absolute atomic E-state index is 0.423. The van der Waals surface area contributed by atoms with Crippen LogP contribution in [0.1, 0.15) is 13.8 Å². The second-order valence-corrected chi connectivity index (χ2v) is 6.49. The summed E-state index contributed by atoms with van der Waals surface area (Å²) in [6.07, 6.45) is 0. The van der Waals surface area contributed by atoms with Crippen LogP contribution >= 0.6 is 27.7 Å². The van der Waals surface area contributed by atoms with Crippen molar-refractivity contribution in [3.63, 3.8) is 0 Å². The van der Waals surface area contributed by atoms with Crippen LogP contribution in [-0.4, -0.2) is 24.1 Å². The third-order valence-corrected chi connectivity index (χ3v) is 4.25. The van der Waals surface area contributed by atoms with Gasteiger partial charge in [0.05, 0.1) is 13.2 Å². The van der Waals surface area contributed by atoms with Gasteiger partial charge in [0.15, 0.2) is 5.17 Å². The smallest absolute Gasteiger partial charge is 0.161 e. The van der Waals surface area contributed by atoms with E-state index in [9.17, 15) is 0 Å². The Labute approximate surface area is 121 Å². The van der Waals surface area contributed by atoms with Crippen LogP contribution in [-0.2, 0) is 0 Å². The predicted molar refractivity (Wildman–Crippen MR) is 82.8 cm³/mol. The summed E-state index contributed by atoms with van der Waals surface area (Å²) in [6.45, 7) is 4.42. The van der Waals surface area contributed by atoms with Gasteiger partial charge in [-0.15, -0.1) is 0 Å². The molecule has 3 nitrogen and oxygen atoms in total. The van der Waals surface area contributed by atoms with Crippen LogP contribution in [0.15, 0.2) is 27.7 Å². The lowest BCUT2D eigenvalue weighted by Gasteiger charge is -2.09. The number of nitrogens with zero attached hydrogens (tertiary/aromatic N) is 1. The van der Waals surface area contributed by atoms with Gasteiger partial charge in [-0.1, -0.05) is 41.5 Å². The van der Waals surface area contributed by atoms with Gasteiger partial charge in [0.25, 0.3) is 0 Å². The maximum Gasteiger partial charge on any atom is 0.161 e. The largest absolute Gasteiger partial charge is 0.497 e. The zero-order chi connectivity index (χ0) is 13.1. The van der Waals surface area contributed by atoms with Crippen molar-refractivity contribution in [2.75, 3.05) is 18.2 Å². The zero-order valence-corrected chi connectivity index (χ0v) is 13.1. The molecule has 18 heavy (non-hydrogen) atoms. The molecule has 0 saturated carbocycles. The Bertz CT molecular complexity index is 462. The third-order valence-electron chi connectivity index (χ3n) is 2.80. The van der Waals surface area contributed by atoms with Crippen LogP contribution in [0.25, 0.3) is 0 Å². The molecular weight excluding hydrogens is 312 g/mol. The highest BCUT2D eigenvalue weighted by atomic mass is 79.9. The molecule has 2 rings (SSSR count). The number of benzene rings is 1. The van der Waals surface area contributed by atoms with Crippen LogP contribution in [0, 0.1) is 5.92 Å². The number of halogens is 1. The maximum atomic E-state index is 5.24. The number of ether oxygens (including phenoxy) is 1. The molecule has 0 amide bonds. The number of aliphatic imine (C=N–C) groups is 1. The minimum atomic E-state index is 0.423. The molecule has 0 aliphatic carbocycles. The van der Waals surface area contributed by atoms with Crippen LogP contribution < -0.4 is 10.1 Å². The molecule has 1 aromatic carbocycles. The Morgan fingerprint density at radius 3 is 2.83 bits per heavy atom. The van der Waals surface area contributed by atoms with Crippen LogP contribution in [0.3, 0.4) is 0 Å². The monoisotopic (exact) mass is 328 g/mol. The van der Waals surface area contributed by atoms with Crippen molar-refractivity contribution in [3.05, 3.63) is 22.7 Å². The van der Waals surface area contributed by atoms with E-state index in [1.807, 2.05) is 18.2 Å². The molecule has 98 valence electrons. The van der Waals surface area contributed by atoms with Gasteiger partial charge in [-0.05, 0) is 18.1 Å². The molecule has 1 N–H and O–H groups in total. The Hall–Kier alpha value is -0.680. The van der Waals surface area contributed by atoms with E-state index in [-0.39, 0.29) is 0 Å². The third kappa shape index (κ3) is 3.42. The maximum absolute atomic E-state index is 5.24. The lowest BCUT2D eigenvalue weighted by molar-refractivity contribution is 0.415. The van der Waals surface area contributed by atoms with E-state index < -0.39 is 0 Å². The quantitative estimate of drug-likeness (QED) is 0.910. The first-order valence-corrected chi connectivity index (χ1v) is 7.68. The second kappa shape index (κ2) is 5.97. The number of anilines is 1. The normalized spacial score (nSPS) is 18.9. The molecule has 0 radical (unpaired) electrons. The number of nitrogens with one attached hydrogen (secondary N) is 1. The number of rotatable bonds is 3. The van der Waals surface area contributed by atoms with Gasteiger partial charge in [-0.3, -0.25) is 4.99 Å². The Balaban J connectivity index is 2.10. The molecule has 0 bridgehead atoms. The molecule has 1 unspecified atom stereocenters. The SMILES string of the molecule is COc1cc(Br)cc(NC2=NC(C(C)C)CS2)c1. The van der Waals surface area contributed by atoms with Gasteiger partial charge in [-0.25, -0.2) is 0 Å². The van der Waals surface area contributed by atoms with E-state index in [1.54, 1.807) is 18.9 Å². The summed E-state index contributed by atoms with van der Waals surface area (Å²) >= 11 is 5.25. The molecule has 0 aromatic heterocycles. The molecule has 1 aliphatic heterocycles. The van der Waals surface area contributed by atoms with E-state index in [0.29, 0.717) is 12.0 Å². The summed E-state index contributed by atoms with van der Waals surface area (Å²) in [7, 11) is 1.67. The summed E-state index contributed by atoms with van der Waals surface area (Å²) in [5.41, 5.74) is 0.997. The first-order valence-electron chi connectivity index (χ1n) is 5.90. The van der Waals surface area contributed by atoms with Crippen molar-refractivity contribution < 1.29 is 4.74 Å². The number of amidine groups is 1. The fourth-order valence-corrected chi connectivity index (χ4v) is 3.34. The van der Waals surface area contributed by atoms with Gasteiger partial charge in [0.2, 0.25) is 0 Å². The molecule has 0 saturated heterocycles. The van der Waals surface area contributed by atoms with Gasteiger partial charge in [-0.2, -0.15) is 0 Å². The van der Waals surface area contributed by atoms with Crippen molar-refractivity contribution in [3.8, 4) is 5.75 Å². The fraction of sp³-hybridized carbons (Fsp3) is 0.462. The average Bonchev–Trinajstić information content (AvgIpc) is 2.76. The summed E-state index contributed by atoms with van der Waals surface area (Å²) in [5, 5.41) is 4.34. The minimum Gasteiger partial charge on any atom is -0.497 e. The fourth-order valence-electron chi connectivity index (χ4n) is 1.68. The molecule has 0 fully saturated rings. The zero-order valence-electron chi connectivity index (χ0n) is 10.7. The van der Waals surface area contributed by atoms with Crippen LogP contribution in [0.5, 0.6) is 5.75 Å². The Kier molecular flexibility index (Phi) is 4.56. The van der Waals surface area contributed by atoms with Crippen LogP contribution in [0.4, 0.5) is 5.69 Å². The van der Waals surface area contributed by atoms with E-state index in [0.717, 1.165) is 26.8 Å². The average molecular weight is 329 g/mol. The molecule has 1 heterocycles. The first-order chi connectivity index (χ1) is 8.58. The van der Waals surface area contributed by atoms with Crippen molar-refractivity contribution >= 4 is 38.5 Å². The Morgan fingerprint density at radius 1 is 1.44 bits per heavy atom. The predicted octanol–water partition coefficient (Wildman–Crippen LogP) is 4.00.